The molecular weight excluding hydrogens is 434 g/mol. The Bertz CT molecular complexity index is 1510. The molecule has 5 aromatic rings. The van der Waals surface area contributed by atoms with Gasteiger partial charge in [-0.15, -0.1) is 0 Å². The number of carbonyl (C=O) groups excluding carboxylic acids is 1. The van der Waals surface area contributed by atoms with Crippen molar-refractivity contribution in [3.8, 4) is 34.1 Å². The number of methoxy groups -OCH3 is 1. The zero-order valence-electron chi connectivity index (χ0n) is 18.5. The number of benzene rings is 2. The standard InChI is InChI=1S/C24H21N7O3/c1-3-31-24(26-13-27-31)30-22(33)15-6-8-18-19(12-15)29-21(28-18)17-11-14(7-9-20(17)32)16-5-4-10-25-23(16)34-2/h4-13,32H,3H2,1-2H3,(H,28,29)(H,26,27,30,33). The summed E-state index contributed by atoms with van der Waals surface area (Å²) in [5.74, 6) is 1.09. The summed E-state index contributed by atoms with van der Waals surface area (Å²) in [6, 6.07) is 14.1. The van der Waals surface area contributed by atoms with Gasteiger partial charge in [0.15, 0.2) is 0 Å². The number of imidazole rings is 1. The van der Waals surface area contributed by atoms with Gasteiger partial charge in [-0.3, -0.25) is 10.1 Å². The van der Waals surface area contributed by atoms with Crippen LogP contribution in [0.5, 0.6) is 11.6 Å². The minimum Gasteiger partial charge on any atom is -0.507 e. The molecule has 10 nitrogen and oxygen atoms in total. The zero-order valence-corrected chi connectivity index (χ0v) is 18.5. The second kappa shape index (κ2) is 8.66. The summed E-state index contributed by atoms with van der Waals surface area (Å²) in [5.41, 5.74) is 3.87. The van der Waals surface area contributed by atoms with E-state index in [0.717, 1.165) is 16.6 Å². The minimum atomic E-state index is -0.317. The molecule has 170 valence electrons. The van der Waals surface area contributed by atoms with Crippen LogP contribution in [0, 0.1) is 0 Å². The number of hydrogen-bond donors (Lipinski definition) is 3. The number of aromatic amines is 1. The number of ether oxygens (including phenoxy) is 1. The molecule has 5 rings (SSSR count). The van der Waals surface area contributed by atoms with Crippen molar-refractivity contribution in [2.45, 2.75) is 13.5 Å². The van der Waals surface area contributed by atoms with Crippen LogP contribution in [-0.2, 0) is 6.54 Å². The SMILES string of the molecule is CCn1ncnc1NC(=O)c1ccc2[nH]c(-c3cc(-c4cccnc4OC)ccc3O)nc2c1. The number of nitrogens with zero attached hydrogens (tertiary/aromatic N) is 5. The molecule has 1 amide bonds. The highest BCUT2D eigenvalue weighted by atomic mass is 16.5. The van der Waals surface area contributed by atoms with Crippen molar-refractivity contribution in [2.24, 2.45) is 0 Å². The summed E-state index contributed by atoms with van der Waals surface area (Å²) in [6.45, 7) is 2.50. The molecule has 0 aliphatic rings. The fourth-order valence-electron chi connectivity index (χ4n) is 3.71. The molecule has 0 aliphatic carbocycles. The van der Waals surface area contributed by atoms with Crippen molar-refractivity contribution in [1.29, 1.82) is 0 Å². The first-order chi connectivity index (χ1) is 16.6. The minimum absolute atomic E-state index is 0.0718. The van der Waals surface area contributed by atoms with E-state index in [1.165, 1.54) is 6.33 Å². The number of phenolic OH excluding ortho intramolecular Hbond substituents is 1. The van der Waals surface area contributed by atoms with Gasteiger partial charge in [0.1, 0.15) is 17.9 Å². The van der Waals surface area contributed by atoms with Gasteiger partial charge in [-0.2, -0.15) is 10.1 Å². The highest BCUT2D eigenvalue weighted by Crippen LogP contribution is 2.35. The predicted octanol–water partition coefficient (Wildman–Crippen LogP) is 3.87. The van der Waals surface area contributed by atoms with Crippen LogP contribution >= 0.6 is 0 Å². The Labute approximate surface area is 194 Å². The van der Waals surface area contributed by atoms with Crippen molar-refractivity contribution >= 4 is 22.9 Å². The summed E-state index contributed by atoms with van der Waals surface area (Å²) in [5, 5.41) is 17.4. The first-order valence-electron chi connectivity index (χ1n) is 10.6. The summed E-state index contributed by atoms with van der Waals surface area (Å²) < 4.78 is 6.96. The number of hydrogen-bond acceptors (Lipinski definition) is 7. The summed E-state index contributed by atoms with van der Waals surface area (Å²) in [6.07, 6.45) is 3.05. The van der Waals surface area contributed by atoms with Crippen molar-refractivity contribution in [1.82, 2.24) is 29.7 Å². The molecule has 0 spiro atoms. The molecule has 0 fully saturated rings. The van der Waals surface area contributed by atoms with Crippen molar-refractivity contribution < 1.29 is 14.6 Å². The molecule has 0 bridgehead atoms. The quantitative estimate of drug-likeness (QED) is 0.354. The van der Waals surface area contributed by atoms with Crippen LogP contribution in [0.1, 0.15) is 17.3 Å². The van der Waals surface area contributed by atoms with Crippen LogP contribution in [0.2, 0.25) is 0 Å². The highest BCUT2D eigenvalue weighted by Gasteiger charge is 2.16. The number of pyridine rings is 1. The molecule has 34 heavy (non-hydrogen) atoms. The maximum atomic E-state index is 12.7. The van der Waals surface area contributed by atoms with Gasteiger partial charge >= 0.3 is 0 Å². The zero-order chi connectivity index (χ0) is 23.7. The molecule has 3 N–H and O–H groups in total. The lowest BCUT2D eigenvalue weighted by molar-refractivity contribution is 0.102. The second-order valence-corrected chi connectivity index (χ2v) is 7.46. The normalized spacial score (nSPS) is 11.0. The number of anilines is 1. The number of aromatic hydroxyl groups is 1. The maximum Gasteiger partial charge on any atom is 0.258 e. The lowest BCUT2D eigenvalue weighted by Crippen LogP contribution is -2.16. The van der Waals surface area contributed by atoms with E-state index in [0.29, 0.717) is 40.8 Å². The van der Waals surface area contributed by atoms with E-state index in [9.17, 15) is 9.90 Å². The lowest BCUT2D eigenvalue weighted by Gasteiger charge is -2.09. The third kappa shape index (κ3) is 3.81. The van der Waals surface area contributed by atoms with Crippen LogP contribution in [-0.4, -0.2) is 47.8 Å². The van der Waals surface area contributed by atoms with Gasteiger partial charge in [0, 0.05) is 23.9 Å². The number of rotatable bonds is 6. The largest absolute Gasteiger partial charge is 0.507 e. The van der Waals surface area contributed by atoms with Crippen LogP contribution in [0.4, 0.5) is 5.95 Å². The van der Waals surface area contributed by atoms with Gasteiger partial charge in [0.2, 0.25) is 11.8 Å². The Hall–Kier alpha value is -4.73. The second-order valence-electron chi connectivity index (χ2n) is 7.46. The van der Waals surface area contributed by atoms with Gasteiger partial charge in [-0.1, -0.05) is 6.07 Å². The first kappa shape index (κ1) is 21.1. The third-order valence-corrected chi connectivity index (χ3v) is 5.41. The third-order valence-electron chi connectivity index (χ3n) is 5.41. The summed E-state index contributed by atoms with van der Waals surface area (Å²) in [7, 11) is 1.56. The van der Waals surface area contributed by atoms with E-state index < -0.39 is 0 Å². The molecule has 2 aromatic carbocycles. The number of fused-ring (bicyclic) bond motifs is 1. The Balaban J connectivity index is 1.49. The first-order valence-corrected chi connectivity index (χ1v) is 10.6. The molecule has 0 saturated heterocycles. The molecule has 0 aliphatic heterocycles. The summed E-state index contributed by atoms with van der Waals surface area (Å²) >= 11 is 0. The molecule has 0 saturated carbocycles. The van der Waals surface area contributed by atoms with Gasteiger partial charge in [0.25, 0.3) is 5.91 Å². The molecule has 0 atom stereocenters. The molecular formula is C24H21N7O3. The number of phenols is 1. The predicted molar refractivity (Wildman–Crippen MR) is 127 cm³/mol. The van der Waals surface area contributed by atoms with Crippen molar-refractivity contribution in [3.63, 3.8) is 0 Å². The Morgan fingerprint density at radius 1 is 1.15 bits per heavy atom. The van der Waals surface area contributed by atoms with Crippen LogP contribution in [0.3, 0.4) is 0 Å². The van der Waals surface area contributed by atoms with Gasteiger partial charge in [0.05, 0.1) is 23.7 Å². The van der Waals surface area contributed by atoms with Gasteiger partial charge in [-0.05, 0) is 55.0 Å². The number of carbonyl (C=O) groups is 1. The smallest absolute Gasteiger partial charge is 0.258 e. The van der Waals surface area contributed by atoms with Gasteiger partial charge < -0.3 is 14.8 Å². The van der Waals surface area contributed by atoms with E-state index >= 15 is 0 Å². The van der Waals surface area contributed by atoms with Crippen LogP contribution in [0.15, 0.2) is 61.1 Å². The van der Waals surface area contributed by atoms with Gasteiger partial charge in [-0.25, -0.2) is 14.6 Å². The monoisotopic (exact) mass is 455 g/mol. The van der Waals surface area contributed by atoms with Crippen molar-refractivity contribution in [3.05, 3.63) is 66.6 Å². The fraction of sp³-hybridized carbons (Fsp3) is 0.125. The average Bonchev–Trinajstić information content (AvgIpc) is 3.50. The van der Waals surface area contributed by atoms with E-state index in [2.05, 4.69) is 30.4 Å². The average molecular weight is 455 g/mol. The lowest BCUT2D eigenvalue weighted by atomic mass is 10.0. The molecule has 10 heteroatoms. The van der Waals surface area contributed by atoms with Crippen molar-refractivity contribution in [2.75, 3.05) is 12.4 Å². The number of aromatic nitrogens is 6. The van der Waals surface area contributed by atoms with E-state index in [4.69, 9.17) is 4.74 Å². The molecule has 0 radical (unpaired) electrons. The van der Waals surface area contributed by atoms with Crippen LogP contribution in [0.25, 0.3) is 33.5 Å². The highest BCUT2D eigenvalue weighted by molar-refractivity contribution is 6.05. The van der Waals surface area contributed by atoms with E-state index in [1.807, 2.05) is 25.1 Å². The maximum absolute atomic E-state index is 12.7. The Morgan fingerprint density at radius 3 is 2.85 bits per heavy atom. The number of nitrogens with one attached hydrogen (secondary N) is 2. The summed E-state index contributed by atoms with van der Waals surface area (Å²) in [4.78, 5) is 28.9. The van der Waals surface area contributed by atoms with E-state index in [1.54, 1.807) is 48.3 Å². The number of aryl methyl sites for hydroxylation is 1. The topological polar surface area (TPSA) is 131 Å². The Kier molecular flexibility index (Phi) is 5.38. The molecule has 3 heterocycles. The number of H-pyrrole nitrogens is 1. The molecule has 0 unspecified atom stereocenters. The van der Waals surface area contributed by atoms with E-state index in [-0.39, 0.29) is 11.7 Å². The Morgan fingerprint density at radius 2 is 2.03 bits per heavy atom. The number of amides is 1. The van der Waals surface area contributed by atoms with Crippen LogP contribution < -0.4 is 10.1 Å². The molecule has 3 aromatic heterocycles. The fourth-order valence-corrected chi connectivity index (χ4v) is 3.71.